The molecule has 0 unspecified atom stereocenters. The van der Waals surface area contributed by atoms with Crippen molar-refractivity contribution in [3.05, 3.63) is 64.4 Å². The van der Waals surface area contributed by atoms with Gasteiger partial charge in [0.25, 0.3) is 11.9 Å². The molecule has 0 radical (unpaired) electrons. The number of aromatic nitrogens is 6. The van der Waals surface area contributed by atoms with Gasteiger partial charge in [-0.15, -0.1) is 11.3 Å². The van der Waals surface area contributed by atoms with Crippen LogP contribution in [0.2, 0.25) is 0 Å². The number of hydrogen-bond acceptors (Lipinski definition) is 7. The van der Waals surface area contributed by atoms with Gasteiger partial charge in [0.15, 0.2) is 0 Å². The molecule has 166 valence electrons. The summed E-state index contributed by atoms with van der Waals surface area (Å²) in [5, 5.41) is 18.8. The summed E-state index contributed by atoms with van der Waals surface area (Å²) in [6.45, 7) is 4.11. The van der Waals surface area contributed by atoms with Gasteiger partial charge in [0.1, 0.15) is 0 Å². The summed E-state index contributed by atoms with van der Waals surface area (Å²) in [6, 6.07) is 4.02. The standard InChI is InChI=1S/C22H25N7O2S/c1-4-6-17-15(21(31)23-11-18-16(12-30)25-13-28(18)3)10-26-29(17)22-24-9-14(2)20(27-22)19-7-5-8-32-19/h5,7-10,13,30H,4,6,11-12H2,1-3H3,(H,23,31). The lowest BCUT2D eigenvalue weighted by atomic mass is 10.1. The molecule has 2 N–H and O–H groups in total. The van der Waals surface area contributed by atoms with E-state index < -0.39 is 0 Å². The van der Waals surface area contributed by atoms with Gasteiger partial charge in [-0.05, 0) is 30.4 Å². The Balaban J connectivity index is 1.64. The number of aliphatic hydroxyl groups excluding tert-OH is 1. The number of amides is 1. The first-order valence-corrected chi connectivity index (χ1v) is 11.2. The second kappa shape index (κ2) is 9.41. The molecule has 1 amide bonds. The van der Waals surface area contributed by atoms with E-state index in [2.05, 4.69) is 27.3 Å². The van der Waals surface area contributed by atoms with Gasteiger partial charge in [0.05, 0.1) is 58.9 Å². The summed E-state index contributed by atoms with van der Waals surface area (Å²) in [6.07, 6.45) is 6.46. The number of nitrogens with zero attached hydrogens (tertiary/aromatic N) is 6. The van der Waals surface area contributed by atoms with Gasteiger partial charge >= 0.3 is 0 Å². The monoisotopic (exact) mass is 451 g/mol. The summed E-state index contributed by atoms with van der Waals surface area (Å²) < 4.78 is 3.44. The van der Waals surface area contributed by atoms with Crippen LogP contribution in [0.5, 0.6) is 0 Å². The highest BCUT2D eigenvalue weighted by Gasteiger charge is 2.21. The number of hydrogen-bond donors (Lipinski definition) is 2. The SMILES string of the molecule is CCCc1c(C(=O)NCc2c(CO)ncn2C)cnn1-c1ncc(C)c(-c2cccs2)n1. The van der Waals surface area contributed by atoms with Crippen LogP contribution in [-0.2, 0) is 26.6 Å². The molecule has 4 heterocycles. The van der Waals surface area contributed by atoms with Crippen molar-refractivity contribution >= 4 is 17.2 Å². The highest BCUT2D eigenvalue weighted by Crippen LogP contribution is 2.26. The Labute approximate surface area is 189 Å². The summed E-state index contributed by atoms with van der Waals surface area (Å²) >= 11 is 1.62. The predicted molar refractivity (Wildman–Crippen MR) is 122 cm³/mol. The van der Waals surface area contributed by atoms with Crippen LogP contribution in [0.3, 0.4) is 0 Å². The van der Waals surface area contributed by atoms with Crippen molar-refractivity contribution in [2.75, 3.05) is 0 Å². The Bertz CT molecular complexity index is 1230. The fourth-order valence-corrected chi connectivity index (χ4v) is 4.31. The third-order valence-corrected chi connectivity index (χ3v) is 6.09. The molecule has 0 saturated carbocycles. The lowest BCUT2D eigenvalue weighted by Gasteiger charge is -2.11. The first-order chi connectivity index (χ1) is 15.5. The number of thiophene rings is 1. The molecule has 0 atom stereocenters. The van der Waals surface area contributed by atoms with E-state index in [0.29, 0.717) is 23.6 Å². The van der Waals surface area contributed by atoms with Crippen LogP contribution >= 0.6 is 11.3 Å². The van der Waals surface area contributed by atoms with Crippen LogP contribution in [0, 0.1) is 6.92 Å². The summed E-state index contributed by atoms with van der Waals surface area (Å²) in [5.41, 5.74) is 4.40. The molecule has 0 bridgehead atoms. The second-order valence-electron chi connectivity index (χ2n) is 7.44. The van der Waals surface area contributed by atoms with Crippen LogP contribution in [0.25, 0.3) is 16.5 Å². The zero-order valence-corrected chi connectivity index (χ0v) is 19.1. The van der Waals surface area contributed by atoms with Gasteiger partial charge in [0, 0.05) is 13.2 Å². The third kappa shape index (κ3) is 4.19. The number of aryl methyl sites for hydroxylation is 2. The zero-order valence-electron chi connectivity index (χ0n) is 18.2. The number of carbonyl (C=O) groups excluding carboxylic acids is 1. The Morgan fingerprint density at radius 1 is 1.25 bits per heavy atom. The van der Waals surface area contributed by atoms with Crippen LogP contribution < -0.4 is 5.32 Å². The summed E-state index contributed by atoms with van der Waals surface area (Å²) in [4.78, 5) is 27.4. The molecule has 4 aromatic rings. The highest BCUT2D eigenvalue weighted by atomic mass is 32.1. The number of carbonyl (C=O) groups is 1. The summed E-state index contributed by atoms with van der Waals surface area (Å²) in [5.74, 6) is 0.200. The van der Waals surface area contributed by atoms with Crippen LogP contribution in [0.15, 0.2) is 36.2 Å². The van der Waals surface area contributed by atoms with Gasteiger partial charge in [-0.2, -0.15) is 5.10 Å². The molecule has 9 nitrogen and oxygen atoms in total. The molecule has 0 aliphatic carbocycles. The van der Waals surface area contributed by atoms with Gasteiger partial charge in [-0.25, -0.2) is 19.6 Å². The highest BCUT2D eigenvalue weighted by molar-refractivity contribution is 7.13. The molecule has 0 spiro atoms. The summed E-state index contributed by atoms with van der Waals surface area (Å²) in [7, 11) is 1.83. The number of rotatable bonds is 8. The normalized spacial score (nSPS) is 11.1. The van der Waals surface area contributed by atoms with E-state index in [0.717, 1.165) is 33.9 Å². The Kier molecular flexibility index (Phi) is 6.42. The molecule has 4 aromatic heterocycles. The minimum absolute atomic E-state index is 0.178. The van der Waals surface area contributed by atoms with Gasteiger partial charge in [0.2, 0.25) is 0 Å². The van der Waals surface area contributed by atoms with Gasteiger partial charge in [-0.3, -0.25) is 4.79 Å². The van der Waals surface area contributed by atoms with E-state index in [1.54, 1.807) is 39.3 Å². The number of nitrogens with one attached hydrogen (secondary N) is 1. The van der Waals surface area contributed by atoms with Crippen molar-refractivity contribution in [2.45, 2.75) is 39.8 Å². The maximum Gasteiger partial charge on any atom is 0.255 e. The topological polar surface area (TPSA) is 111 Å². The Morgan fingerprint density at radius 2 is 2.09 bits per heavy atom. The quantitative estimate of drug-likeness (QED) is 0.426. The average molecular weight is 452 g/mol. The maximum atomic E-state index is 13.0. The molecular formula is C22H25N7O2S. The maximum absolute atomic E-state index is 13.0. The molecule has 0 saturated heterocycles. The van der Waals surface area contributed by atoms with Crippen molar-refractivity contribution in [3.8, 4) is 16.5 Å². The minimum Gasteiger partial charge on any atom is -0.390 e. The van der Waals surface area contributed by atoms with Crippen molar-refractivity contribution in [3.63, 3.8) is 0 Å². The van der Waals surface area contributed by atoms with Crippen molar-refractivity contribution in [1.29, 1.82) is 0 Å². The van der Waals surface area contributed by atoms with Crippen LogP contribution in [0.1, 0.15) is 46.3 Å². The number of aliphatic hydroxyl groups is 1. The van der Waals surface area contributed by atoms with Crippen LogP contribution in [0.4, 0.5) is 0 Å². The smallest absolute Gasteiger partial charge is 0.255 e. The van der Waals surface area contributed by atoms with Crippen molar-refractivity contribution in [1.82, 2.24) is 34.6 Å². The predicted octanol–water partition coefficient (Wildman–Crippen LogP) is 2.81. The van der Waals surface area contributed by atoms with Gasteiger partial charge < -0.3 is 15.0 Å². The molecule has 0 aliphatic heterocycles. The minimum atomic E-state index is -0.240. The fourth-order valence-electron chi connectivity index (χ4n) is 3.53. The third-order valence-electron chi connectivity index (χ3n) is 5.22. The lowest BCUT2D eigenvalue weighted by Crippen LogP contribution is -2.25. The first-order valence-electron chi connectivity index (χ1n) is 10.4. The van der Waals surface area contributed by atoms with Gasteiger partial charge in [-0.1, -0.05) is 19.4 Å². The van der Waals surface area contributed by atoms with E-state index in [4.69, 9.17) is 4.98 Å². The average Bonchev–Trinajstić information content (AvgIpc) is 3.53. The first kappa shape index (κ1) is 21.8. The van der Waals surface area contributed by atoms with Crippen molar-refractivity contribution in [2.24, 2.45) is 7.05 Å². The lowest BCUT2D eigenvalue weighted by molar-refractivity contribution is 0.0948. The molecule has 32 heavy (non-hydrogen) atoms. The van der Waals surface area contributed by atoms with Crippen LogP contribution in [-0.4, -0.2) is 40.3 Å². The zero-order chi connectivity index (χ0) is 22.7. The molecule has 0 aromatic carbocycles. The Morgan fingerprint density at radius 3 is 2.81 bits per heavy atom. The number of imidazole rings is 1. The van der Waals surface area contributed by atoms with E-state index in [-0.39, 0.29) is 19.1 Å². The fraction of sp³-hybridized carbons (Fsp3) is 0.318. The van der Waals surface area contributed by atoms with E-state index >= 15 is 0 Å². The molecule has 0 fully saturated rings. The molecular weight excluding hydrogens is 426 g/mol. The van der Waals surface area contributed by atoms with Crippen molar-refractivity contribution < 1.29 is 9.90 Å². The van der Waals surface area contributed by atoms with E-state index in [9.17, 15) is 9.90 Å². The largest absolute Gasteiger partial charge is 0.390 e. The van der Waals surface area contributed by atoms with E-state index in [1.165, 1.54) is 0 Å². The molecule has 0 aliphatic rings. The molecule has 4 rings (SSSR count). The molecule has 10 heteroatoms. The van der Waals surface area contributed by atoms with E-state index in [1.807, 2.05) is 31.5 Å². The Hall–Kier alpha value is -3.37. The second-order valence-corrected chi connectivity index (χ2v) is 8.38.